The smallest absolute Gasteiger partial charge is 0.306 e. The first-order valence-electron chi connectivity index (χ1n) is 7.81. The summed E-state index contributed by atoms with van der Waals surface area (Å²) in [6.45, 7) is 0. The molecule has 1 amide bonds. The van der Waals surface area contributed by atoms with E-state index in [0.717, 1.165) is 35.7 Å². The highest BCUT2D eigenvalue weighted by Gasteiger charge is 2.45. The summed E-state index contributed by atoms with van der Waals surface area (Å²) in [6.07, 6.45) is 4.95. The van der Waals surface area contributed by atoms with Crippen LogP contribution in [0.25, 0.3) is 0 Å². The summed E-state index contributed by atoms with van der Waals surface area (Å²) in [5.74, 6) is -0.985. The number of nitrogens with one attached hydrogen (secondary N) is 1. The van der Waals surface area contributed by atoms with Crippen LogP contribution in [0, 0.1) is 5.92 Å². The summed E-state index contributed by atoms with van der Waals surface area (Å²) in [7, 11) is 0. The maximum absolute atomic E-state index is 12.9. The molecule has 0 heterocycles. The van der Waals surface area contributed by atoms with Crippen molar-refractivity contribution in [2.75, 3.05) is 0 Å². The Kier molecular flexibility index (Phi) is 4.26. The third kappa shape index (κ3) is 2.78. The van der Waals surface area contributed by atoms with Gasteiger partial charge >= 0.3 is 5.97 Å². The van der Waals surface area contributed by atoms with Gasteiger partial charge in [-0.15, -0.1) is 0 Å². The van der Waals surface area contributed by atoms with Crippen molar-refractivity contribution >= 4 is 27.8 Å². The van der Waals surface area contributed by atoms with E-state index in [4.69, 9.17) is 5.11 Å². The molecule has 5 heteroatoms. The molecule has 0 aromatic heterocycles. The third-order valence-electron chi connectivity index (χ3n) is 5.09. The molecule has 0 radical (unpaired) electrons. The van der Waals surface area contributed by atoms with Crippen LogP contribution >= 0.6 is 15.9 Å². The van der Waals surface area contributed by atoms with Gasteiger partial charge in [0.15, 0.2) is 0 Å². The van der Waals surface area contributed by atoms with Gasteiger partial charge in [-0.25, -0.2) is 0 Å². The molecule has 4 nitrogen and oxygen atoms in total. The number of amides is 1. The molecule has 0 bridgehead atoms. The fourth-order valence-electron chi connectivity index (χ4n) is 3.67. The van der Waals surface area contributed by atoms with Crippen LogP contribution in [0.1, 0.15) is 44.1 Å². The predicted octanol–water partition coefficient (Wildman–Crippen LogP) is 3.24. The van der Waals surface area contributed by atoms with E-state index in [-0.39, 0.29) is 17.9 Å². The van der Waals surface area contributed by atoms with E-state index >= 15 is 0 Å². The maximum Gasteiger partial charge on any atom is 0.306 e. The summed E-state index contributed by atoms with van der Waals surface area (Å²) in [6, 6.07) is 8.00. The Labute approximate surface area is 138 Å². The molecule has 0 spiro atoms. The average Bonchev–Trinajstić information content (AvgIpc) is 2.92. The fraction of sp³-hybridized carbons (Fsp3) is 0.529. The first kappa shape index (κ1) is 15.5. The van der Waals surface area contributed by atoms with Gasteiger partial charge in [0.05, 0.1) is 11.3 Å². The standard InChI is InChI=1S/C17H20BrNO3/c18-13-5-3-4-12(10-13)17(6-1-2-7-17)16(22)19-14-8-11(9-14)15(20)21/h3-5,10-11,14H,1-2,6-9H2,(H,19,22)(H,20,21). The number of carboxylic acids is 1. The van der Waals surface area contributed by atoms with Gasteiger partial charge in [0.1, 0.15) is 0 Å². The lowest BCUT2D eigenvalue weighted by Gasteiger charge is -2.37. The van der Waals surface area contributed by atoms with Gasteiger partial charge in [-0.1, -0.05) is 40.9 Å². The van der Waals surface area contributed by atoms with Crippen molar-refractivity contribution in [2.45, 2.75) is 50.0 Å². The molecule has 2 N–H and O–H groups in total. The van der Waals surface area contributed by atoms with E-state index in [1.807, 2.05) is 24.3 Å². The minimum Gasteiger partial charge on any atom is -0.481 e. The molecular weight excluding hydrogens is 346 g/mol. The first-order chi connectivity index (χ1) is 10.5. The van der Waals surface area contributed by atoms with Crippen LogP contribution in [0.3, 0.4) is 0 Å². The van der Waals surface area contributed by atoms with E-state index in [1.54, 1.807) is 0 Å². The molecule has 1 aromatic carbocycles. The van der Waals surface area contributed by atoms with Gasteiger partial charge in [-0.05, 0) is 43.4 Å². The van der Waals surface area contributed by atoms with Crippen LogP contribution in [-0.4, -0.2) is 23.0 Å². The quantitative estimate of drug-likeness (QED) is 0.860. The first-order valence-corrected chi connectivity index (χ1v) is 8.60. The van der Waals surface area contributed by atoms with E-state index in [2.05, 4.69) is 21.2 Å². The van der Waals surface area contributed by atoms with Gasteiger partial charge in [0, 0.05) is 10.5 Å². The lowest BCUT2D eigenvalue weighted by molar-refractivity contribution is -0.146. The topological polar surface area (TPSA) is 66.4 Å². The maximum atomic E-state index is 12.9. The summed E-state index contributed by atoms with van der Waals surface area (Å²) < 4.78 is 0.985. The van der Waals surface area contributed by atoms with Gasteiger partial charge in [0.25, 0.3) is 0 Å². The average molecular weight is 366 g/mol. The Morgan fingerprint density at radius 1 is 1.23 bits per heavy atom. The van der Waals surface area contributed by atoms with Crippen molar-refractivity contribution in [3.8, 4) is 0 Å². The van der Waals surface area contributed by atoms with Gasteiger partial charge in [0.2, 0.25) is 5.91 Å². The molecular formula is C17H20BrNO3. The lowest BCUT2D eigenvalue weighted by atomic mass is 9.75. The molecule has 0 saturated heterocycles. The number of rotatable bonds is 4. The SMILES string of the molecule is O=C(O)C1CC(NC(=O)C2(c3cccc(Br)c3)CCCC2)C1. The van der Waals surface area contributed by atoms with Crippen molar-refractivity contribution in [1.82, 2.24) is 5.32 Å². The molecule has 0 aliphatic heterocycles. The Morgan fingerprint density at radius 3 is 2.50 bits per heavy atom. The number of benzene rings is 1. The Bertz CT molecular complexity index is 589. The van der Waals surface area contributed by atoms with E-state index in [0.29, 0.717) is 12.8 Å². The zero-order valence-corrected chi connectivity index (χ0v) is 13.9. The van der Waals surface area contributed by atoms with Gasteiger partial charge < -0.3 is 10.4 Å². The Hall–Kier alpha value is -1.36. The molecule has 0 unspecified atom stereocenters. The highest BCUT2D eigenvalue weighted by Crippen LogP contribution is 2.42. The normalized spacial score (nSPS) is 26.2. The predicted molar refractivity (Wildman–Crippen MR) is 86.6 cm³/mol. The molecule has 2 aliphatic carbocycles. The van der Waals surface area contributed by atoms with Crippen LogP contribution < -0.4 is 5.32 Å². The molecule has 118 valence electrons. The lowest BCUT2D eigenvalue weighted by Crippen LogP contribution is -2.52. The van der Waals surface area contributed by atoms with Crippen molar-refractivity contribution in [1.29, 1.82) is 0 Å². The number of carboxylic acid groups (broad SMARTS) is 1. The van der Waals surface area contributed by atoms with Crippen molar-refractivity contribution in [3.05, 3.63) is 34.3 Å². The summed E-state index contributed by atoms with van der Waals surface area (Å²) >= 11 is 3.49. The van der Waals surface area contributed by atoms with Crippen LogP contribution in [0.2, 0.25) is 0 Å². The second-order valence-corrected chi connectivity index (χ2v) is 7.39. The highest BCUT2D eigenvalue weighted by molar-refractivity contribution is 9.10. The van der Waals surface area contributed by atoms with Crippen LogP contribution in [0.4, 0.5) is 0 Å². The fourth-order valence-corrected chi connectivity index (χ4v) is 4.07. The molecule has 0 atom stereocenters. The second kappa shape index (κ2) is 6.03. The molecule has 2 aliphatic rings. The van der Waals surface area contributed by atoms with Crippen LogP contribution in [0.15, 0.2) is 28.7 Å². The molecule has 22 heavy (non-hydrogen) atoms. The number of carbonyl (C=O) groups excluding carboxylic acids is 1. The summed E-state index contributed by atoms with van der Waals surface area (Å²) in [4.78, 5) is 23.8. The van der Waals surface area contributed by atoms with Crippen molar-refractivity contribution in [2.24, 2.45) is 5.92 Å². The van der Waals surface area contributed by atoms with E-state index in [1.165, 1.54) is 0 Å². The minimum absolute atomic E-state index is 0.0122. The van der Waals surface area contributed by atoms with Gasteiger partial charge in [-0.3, -0.25) is 9.59 Å². The largest absolute Gasteiger partial charge is 0.481 e. The number of hydrogen-bond donors (Lipinski definition) is 2. The van der Waals surface area contributed by atoms with Crippen molar-refractivity contribution < 1.29 is 14.7 Å². The molecule has 2 fully saturated rings. The number of halogens is 1. The highest BCUT2D eigenvalue weighted by atomic mass is 79.9. The van der Waals surface area contributed by atoms with Crippen LogP contribution in [-0.2, 0) is 15.0 Å². The Balaban J connectivity index is 1.74. The minimum atomic E-state index is -0.756. The molecule has 2 saturated carbocycles. The number of hydrogen-bond acceptors (Lipinski definition) is 2. The zero-order chi connectivity index (χ0) is 15.7. The molecule has 3 rings (SSSR count). The van der Waals surface area contributed by atoms with Gasteiger partial charge in [-0.2, -0.15) is 0 Å². The monoisotopic (exact) mass is 365 g/mol. The number of carbonyl (C=O) groups is 2. The van der Waals surface area contributed by atoms with Crippen LogP contribution in [0.5, 0.6) is 0 Å². The number of aliphatic carboxylic acids is 1. The van der Waals surface area contributed by atoms with Crippen molar-refractivity contribution in [3.63, 3.8) is 0 Å². The van der Waals surface area contributed by atoms with E-state index in [9.17, 15) is 9.59 Å². The molecule has 1 aromatic rings. The second-order valence-electron chi connectivity index (χ2n) is 6.48. The summed E-state index contributed by atoms with van der Waals surface area (Å²) in [5.41, 5.74) is 0.615. The van der Waals surface area contributed by atoms with E-state index < -0.39 is 11.4 Å². The summed E-state index contributed by atoms with van der Waals surface area (Å²) in [5, 5.41) is 12.0. The third-order valence-corrected chi connectivity index (χ3v) is 5.58. The Morgan fingerprint density at radius 2 is 1.91 bits per heavy atom. The zero-order valence-electron chi connectivity index (χ0n) is 12.3.